The highest BCUT2D eigenvalue weighted by Crippen LogP contribution is 2.30. The zero-order valence-electron chi connectivity index (χ0n) is 18.2. The van der Waals surface area contributed by atoms with Gasteiger partial charge in [0.05, 0.1) is 25.6 Å². The molecule has 5 nitrogen and oxygen atoms in total. The number of ether oxygens (including phenoxy) is 2. The zero-order chi connectivity index (χ0) is 21.8. The molecule has 156 valence electrons. The molecule has 5 heteroatoms. The third-order valence-electron chi connectivity index (χ3n) is 5.14. The van der Waals surface area contributed by atoms with Gasteiger partial charge in [-0.25, -0.2) is 9.97 Å². The van der Waals surface area contributed by atoms with Crippen LogP contribution in [0, 0.1) is 0 Å². The summed E-state index contributed by atoms with van der Waals surface area (Å²) in [6.45, 7) is 0. The highest BCUT2D eigenvalue weighted by atomic mass is 16.5. The van der Waals surface area contributed by atoms with Gasteiger partial charge >= 0.3 is 0 Å². The van der Waals surface area contributed by atoms with Crippen LogP contribution in [0.2, 0.25) is 0 Å². The molecule has 4 aromatic rings. The van der Waals surface area contributed by atoms with Crippen LogP contribution >= 0.6 is 0 Å². The largest absolute Gasteiger partial charge is 0.497 e. The lowest BCUT2D eigenvalue weighted by molar-refractivity contribution is 0.415. The van der Waals surface area contributed by atoms with Crippen molar-refractivity contribution in [3.8, 4) is 45.4 Å². The molecule has 0 saturated heterocycles. The maximum atomic E-state index is 5.29. The predicted molar refractivity (Wildman–Crippen MR) is 126 cm³/mol. The Labute approximate surface area is 182 Å². The van der Waals surface area contributed by atoms with E-state index in [0.29, 0.717) is 5.82 Å². The van der Waals surface area contributed by atoms with Crippen molar-refractivity contribution < 1.29 is 9.47 Å². The molecule has 0 saturated carbocycles. The second kappa shape index (κ2) is 8.88. The lowest BCUT2D eigenvalue weighted by Gasteiger charge is -2.13. The van der Waals surface area contributed by atoms with Crippen molar-refractivity contribution in [2.45, 2.75) is 0 Å². The van der Waals surface area contributed by atoms with Crippen molar-refractivity contribution in [1.82, 2.24) is 9.97 Å². The van der Waals surface area contributed by atoms with E-state index in [-0.39, 0.29) is 0 Å². The minimum atomic E-state index is 0.669. The summed E-state index contributed by atoms with van der Waals surface area (Å²) < 4.78 is 10.6. The molecule has 0 N–H and O–H groups in total. The molecule has 0 bridgehead atoms. The Hall–Kier alpha value is -3.86. The molecule has 0 aliphatic heterocycles. The van der Waals surface area contributed by atoms with Crippen LogP contribution in [0.5, 0.6) is 11.5 Å². The number of hydrogen-bond acceptors (Lipinski definition) is 5. The molecule has 0 fully saturated rings. The number of anilines is 1. The summed E-state index contributed by atoms with van der Waals surface area (Å²) in [4.78, 5) is 11.8. The summed E-state index contributed by atoms with van der Waals surface area (Å²) in [7, 11) is 7.38. The van der Waals surface area contributed by atoms with Crippen LogP contribution in [0.15, 0.2) is 78.9 Å². The van der Waals surface area contributed by atoms with Gasteiger partial charge in [-0.1, -0.05) is 12.1 Å². The van der Waals surface area contributed by atoms with E-state index in [9.17, 15) is 0 Å². The van der Waals surface area contributed by atoms with E-state index in [1.165, 1.54) is 0 Å². The molecule has 3 aromatic carbocycles. The molecule has 1 heterocycles. The van der Waals surface area contributed by atoms with Crippen molar-refractivity contribution in [3.63, 3.8) is 0 Å². The second-order valence-corrected chi connectivity index (χ2v) is 7.36. The standard InChI is InChI=1S/C26H25N3O2/c1-29(2)21-11-5-18(6-12-21)24-17-25(19-7-13-22(30-3)14-8-19)28-26(27-24)20-9-15-23(31-4)16-10-20/h5-17H,1-4H3. The van der Waals surface area contributed by atoms with Gasteiger partial charge in [0.1, 0.15) is 11.5 Å². The lowest BCUT2D eigenvalue weighted by Crippen LogP contribution is -2.08. The van der Waals surface area contributed by atoms with Crippen LogP contribution in [0.4, 0.5) is 5.69 Å². The van der Waals surface area contributed by atoms with E-state index in [4.69, 9.17) is 19.4 Å². The van der Waals surface area contributed by atoms with E-state index >= 15 is 0 Å². The first-order valence-electron chi connectivity index (χ1n) is 10.0. The van der Waals surface area contributed by atoms with Crippen molar-refractivity contribution in [2.24, 2.45) is 0 Å². The molecule has 0 aliphatic rings. The average molecular weight is 412 g/mol. The van der Waals surface area contributed by atoms with Gasteiger partial charge in [0.15, 0.2) is 5.82 Å². The fourth-order valence-electron chi connectivity index (χ4n) is 3.30. The van der Waals surface area contributed by atoms with Gasteiger partial charge in [0.25, 0.3) is 0 Å². The monoisotopic (exact) mass is 411 g/mol. The fraction of sp³-hybridized carbons (Fsp3) is 0.154. The Kier molecular flexibility index (Phi) is 5.85. The van der Waals surface area contributed by atoms with E-state index in [0.717, 1.165) is 45.3 Å². The highest BCUT2D eigenvalue weighted by Gasteiger charge is 2.11. The van der Waals surface area contributed by atoms with Crippen molar-refractivity contribution in [1.29, 1.82) is 0 Å². The summed E-state index contributed by atoms with van der Waals surface area (Å²) in [5.41, 5.74) is 5.85. The maximum absolute atomic E-state index is 5.29. The van der Waals surface area contributed by atoms with E-state index < -0.39 is 0 Å². The van der Waals surface area contributed by atoms with Crippen molar-refractivity contribution in [2.75, 3.05) is 33.2 Å². The third-order valence-corrected chi connectivity index (χ3v) is 5.14. The number of methoxy groups -OCH3 is 2. The highest BCUT2D eigenvalue weighted by molar-refractivity contribution is 5.73. The van der Waals surface area contributed by atoms with Crippen molar-refractivity contribution >= 4 is 5.69 Å². The third kappa shape index (κ3) is 4.51. The first kappa shape index (κ1) is 20.4. The molecule has 0 amide bonds. The molecule has 1 aromatic heterocycles. The number of benzene rings is 3. The Morgan fingerprint density at radius 3 is 1.42 bits per heavy atom. The van der Waals surface area contributed by atoms with Crippen LogP contribution in [0.3, 0.4) is 0 Å². The van der Waals surface area contributed by atoms with E-state index in [2.05, 4.69) is 29.2 Å². The molecule has 31 heavy (non-hydrogen) atoms. The maximum Gasteiger partial charge on any atom is 0.160 e. The Bertz CT molecular complexity index is 1090. The Morgan fingerprint density at radius 1 is 0.581 bits per heavy atom. The molecule has 0 atom stereocenters. The van der Waals surface area contributed by atoms with Gasteiger partial charge in [0, 0.05) is 36.5 Å². The van der Waals surface area contributed by atoms with Gasteiger partial charge < -0.3 is 14.4 Å². The second-order valence-electron chi connectivity index (χ2n) is 7.36. The summed E-state index contributed by atoms with van der Waals surface area (Å²) in [5, 5.41) is 0. The lowest BCUT2D eigenvalue weighted by atomic mass is 10.1. The number of rotatable bonds is 6. The molecule has 4 rings (SSSR count). The minimum Gasteiger partial charge on any atom is -0.497 e. The van der Waals surface area contributed by atoms with Crippen LogP contribution in [0.25, 0.3) is 33.9 Å². The molecule has 0 radical (unpaired) electrons. The summed E-state index contributed by atoms with van der Waals surface area (Å²) in [6, 6.07) is 26.1. The van der Waals surface area contributed by atoms with Gasteiger partial charge in [-0.05, 0) is 66.7 Å². The van der Waals surface area contributed by atoms with Gasteiger partial charge in [-0.15, -0.1) is 0 Å². The topological polar surface area (TPSA) is 47.5 Å². The predicted octanol–water partition coefficient (Wildman–Crippen LogP) is 5.56. The molecule has 0 spiro atoms. The summed E-state index contributed by atoms with van der Waals surface area (Å²) in [5.74, 6) is 2.28. The summed E-state index contributed by atoms with van der Waals surface area (Å²) in [6.07, 6.45) is 0. The van der Waals surface area contributed by atoms with Gasteiger partial charge in [-0.3, -0.25) is 0 Å². The van der Waals surface area contributed by atoms with Gasteiger partial charge in [0.2, 0.25) is 0 Å². The summed E-state index contributed by atoms with van der Waals surface area (Å²) >= 11 is 0. The number of nitrogens with zero attached hydrogens (tertiary/aromatic N) is 3. The Balaban J connectivity index is 1.82. The number of aromatic nitrogens is 2. The van der Waals surface area contributed by atoms with E-state index in [1.54, 1.807) is 14.2 Å². The minimum absolute atomic E-state index is 0.669. The SMILES string of the molecule is COc1ccc(-c2cc(-c3ccc(N(C)C)cc3)nc(-c3ccc(OC)cc3)n2)cc1. The first-order valence-corrected chi connectivity index (χ1v) is 10.0. The van der Waals surface area contributed by atoms with Crippen LogP contribution in [0.1, 0.15) is 0 Å². The van der Waals surface area contributed by atoms with Gasteiger partial charge in [-0.2, -0.15) is 0 Å². The molecular formula is C26H25N3O2. The fourth-order valence-corrected chi connectivity index (χ4v) is 3.30. The van der Waals surface area contributed by atoms with E-state index in [1.807, 2.05) is 68.7 Å². The smallest absolute Gasteiger partial charge is 0.160 e. The zero-order valence-corrected chi connectivity index (χ0v) is 18.2. The number of hydrogen-bond donors (Lipinski definition) is 0. The molecule has 0 aliphatic carbocycles. The molecular weight excluding hydrogens is 386 g/mol. The quantitative estimate of drug-likeness (QED) is 0.416. The molecule has 0 unspecified atom stereocenters. The van der Waals surface area contributed by atoms with Crippen LogP contribution < -0.4 is 14.4 Å². The normalized spacial score (nSPS) is 10.6. The van der Waals surface area contributed by atoms with Crippen LogP contribution in [-0.4, -0.2) is 38.3 Å². The van der Waals surface area contributed by atoms with Crippen molar-refractivity contribution in [3.05, 3.63) is 78.9 Å². The Morgan fingerprint density at radius 2 is 1.00 bits per heavy atom. The first-order chi connectivity index (χ1) is 15.1. The average Bonchev–Trinajstić information content (AvgIpc) is 2.84. The van der Waals surface area contributed by atoms with Crippen LogP contribution in [-0.2, 0) is 0 Å².